The summed E-state index contributed by atoms with van der Waals surface area (Å²) in [4.78, 5) is 23.1. The van der Waals surface area contributed by atoms with Gasteiger partial charge in [-0.3, -0.25) is 0 Å². The molecule has 116 valence electrons. The monoisotopic (exact) mass is 302 g/mol. The number of carboxylic acids is 1. The van der Waals surface area contributed by atoms with Gasteiger partial charge in [-0.05, 0) is 49.8 Å². The van der Waals surface area contributed by atoms with Gasteiger partial charge in [0.05, 0.1) is 0 Å². The molecule has 1 aromatic heterocycles. The molecule has 1 aliphatic rings. The minimum absolute atomic E-state index is 0.287. The van der Waals surface area contributed by atoms with Crippen molar-refractivity contribution in [1.29, 1.82) is 0 Å². The molecule has 2 aromatic rings. The molecule has 0 bridgehead atoms. The summed E-state index contributed by atoms with van der Waals surface area (Å²) in [5.41, 5.74) is 2.02. The zero-order chi connectivity index (χ0) is 15.7. The van der Waals surface area contributed by atoms with Crippen LogP contribution in [0.1, 0.15) is 37.3 Å². The van der Waals surface area contributed by atoms with Crippen LogP contribution in [0.2, 0.25) is 0 Å². The topological polar surface area (TPSA) is 76.7 Å². The Labute approximate surface area is 127 Å². The molecule has 0 spiro atoms. The number of fused-ring (bicyclic) bond motifs is 3. The van der Waals surface area contributed by atoms with Crippen molar-refractivity contribution < 1.29 is 19.1 Å². The lowest BCUT2D eigenvalue weighted by atomic mass is 9.91. The molecular weight excluding hydrogens is 284 g/mol. The Kier molecular flexibility index (Phi) is 3.88. The van der Waals surface area contributed by atoms with Gasteiger partial charge in [-0.15, -0.1) is 0 Å². The summed E-state index contributed by atoms with van der Waals surface area (Å²) in [7, 11) is 0. The van der Waals surface area contributed by atoms with Gasteiger partial charge in [0.1, 0.15) is 11.3 Å². The van der Waals surface area contributed by atoms with E-state index in [1.54, 1.807) is 19.1 Å². The number of aliphatic carboxylic acids is 1. The lowest BCUT2D eigenvalue weighted by molar-refractivity contribution is -0.145. The highest BCUT2D eigenvalue weighted by molar-refractivity contribution is 5.83. The number of ether oxygens (including phenoxy) is 1. The summed E-state index contributed by atoms with van der Waals surface area (Å²) >= 11 is 0. The van der Waals surface area contributed by atoms with Gasteiger partial charge in [0, 0.05) is 17.0 Å². The molecule has 5 nitrogen and oxygen atoms in total. The minimum atomic E-state index is -1.01. The molecule has 0 saturated heterocycles. The third kappa shape index (κ3) is 2.58. The molecule has 1 heterocycles. The number of carboxylic acid groups (broad SMARTS) is 1. The van der Waals surface area contributed by atoms with E-state index < -0.39 is 12.1 Å². The van der Waals surface area contributed by atoms with Crippen LogP contribution >= 0.6 is 0 Å². The van der Waals surface area contributed by atoms with E-state index >= 15 is 0 Å². The largest absolute Gasteiger partial charge is 0.479 e. The summed E-state index contributed by atoms with van der Waals surface area (Å²) < 4.78 is 10.8. The zero-order valence-electron chi connectivity index (χ0n) is 12.4. The van der Waals surface area contributed by atoms with Crippen LogP contribution in [-0.4, -0.2) is 17.2 Å². The summed E-state index contributed by atoms with van der Waals surface area (Å²) in [5, 5.41) is 9.97. The fraction of sp³-hybridized carbons (Fsp3) is 0.412. The molecule has 0 amide bonds. The van der Waals surface area contributed by atoms with E-state index in [2.05, 4.69) is 0 Å². The van der Waals surface area contributed by atoms with E-state index in [0.717, 1.165) is 42.2 Å². The molecule has 22 heavy (non-hydrogen) atoms. The average molecular weight is 302 g/mol. The molecule has 0 fully saturated rings. The van der Waals surface area contributed by atoms with E-state index in [1.807, 2.05) is 6.07 Å². The Balaban J connectivity index is 2.04. The van der Waals surface area contributed by atoms with Crippen molar-refractivity contribution in [3.8, 4) is 5.75 Å². The molecule has 1 aromatic carbocycles. The van der Waals surface area contributed by atoms with Crippen LogP contribution in [0, 0.1) is 0 Å². The number of aryl methyl sites for hydroxylation is 1. The van der Waals surface area contributed by atoms with Crippen LogP contribution in [0.5, 0.6) is 5.75 Å². The molecule has 0 radical (unpaired) electrons. The second-order valence-electron chi connectivity index (χ2n) is 5.56. The zero-order valence-corrected chi connectivity index (χ0v) is 12.4. The predicted molar refractivity (Wildman–Crippen MR) is 81.5 cm³/mol. The van der Waals surface area contributed by atoms with Crippen molar-refractivity contribution in [1.82, 2.24) is 0 Å². The molecular formula is C17H18O5. The van der Waals surface area contributed by atoms with Crippen LogP contribution in [-0.2, 0) is 17.6 Å². The van der Waals surface area contributed by atoms with Crippen molar-refractivity contribution in [2.24, 2.45) is 0 Å². The molecule has 0 unspecified atom stereocenters. The fourth-order valence-electron chi connectivity index (χ4n) is 2.97. The van der Waals surface area contributed by atoms with Gasteiger partial charge < -0.3 is 14.3 Å². The quantitative estimate of drug-likeness (QED) is 0.879. The Morgan fingerprint density at radius 3 is 2.73 bits per heavy atom. The maximum Gasteiger partial charge on any atom is 0.344 e. The van der Waals surface area contributed by atoms with E-state index in [0.29, 0.717) is 17.8 Å². The molecule has 1 N–H and O–H groups in total. The molecule has 1 aliphatic carbocycles. The lowest BCUT2D eigenvalue weighted by Gasteiger charge is -2.17. The Morgan fingerprint density at radius 1 is 1.32 bits per heavy atom. The summed E-state index contributed by atoms with van der Waals surface area (Å²) in [6.45, 7) is 1.75. The maximum atomic E-state index is 12.1. The van der Waals surface area contributed by atoms with E-state index in [1.165, 1.54) is 0 Å². The normalized spacial score (nSPS) is 15.3. The molecule has 0 saturated carbocycles. The van der Waals surface area contributed by atoms with Gasteiger partial charge in [-0.2, -0.15) is 0 Å². The highest BCUT2D eigenvalue weighted by Crippen LogP contribution is 2.29. The number of hydrogen-bond donors (Lipinski definition) is 1. The SMILES string of the molecule is CC[C@@H](Oc1ccc2c3c(c(=O)oc2c1)CCCC3)C(=O)O. The third-order valence-electron chi connectivity index (χ3n) is 4.12. The highest BCUT2D eigenvalue weighted by atomic mass is 16.5. The van der Waals surface area contributed by atoms with Gasteiger partial charge in [0.15, 0.2) is 6.10 Å². The van der Waals surface area contributed by atoms with Gasteiger partial charge >= 0.3 is 11.6 Å². The first-order valence-electron chi connectivity index (χ1n) is 7.58. The Bertz CT molecular complexity index is 774. The van der Waals surface area contributed by atoms with Gasteiger partial charge in [0.25, 0.3) is 0 Å². The number of rotatable bonds is 4. The van der Waals surface area contributed by atoms with Crippen LogP contribution in [0.4, 0.5) is 0 Å². The first-order chi connectivity index (χ1) is 10.6. The van der Waals surface area contributed by atoms with Gasteiger partial charge in [0.2, 0.25) is 0 Å². The Morgan fingerprint density at radius 2 is 2.05 bits per heavy atom. The molecule has 3 rings (SSSR count). The smallest absolute Gasteiger partial charge is 0.344 e. The van der Waals surface area contributed by atoms with E-state index in [9.17, 15) is 9.59 Å². The number of benzene rings is 1. The average Bonchev–Trinajstić information content (AvgIpc) is 2.52. The molecule has 0 aliphatic heterocycles. The van der Waals surface area contributed by atoms with Crippen molar-refractivity contribution >= 4 is 16.9 Å². The number of carbonyl (C=O) groups is 1. The van der Waals surface area contributed by atoms with Gasteiger partial charge in [-0.25, -0.2) is 9.59 Å². The van der Waals surface area contributed by atoms with E-state index in [-0.39, 0.29) is 5.63 Å². The maximum absolute atomic E-state index is 12.1. The van der Waals surface area contributed by atoms with E-state index in [4.69, 9.17) is 14.3 Å². The van der Waals surface area contributed by atoms with Crippen LogP contribution in [0.3, 0.4) is 0 Å². The summed E-state index contributed by atoms with van der Waals surface area (Å²) in [6, 6.07) is 5.20. The Hall–Kier alpha value is -2.30. The molecule has 5 heteroatoms. The standard InChI is InChI=1S/C17H18O5/c1-2-14(16(18)19)21-10-7-8-12-11-5-3-4-6-13(11)17(20)22-15(12)9-10/h7-9,14H,2-6H2,1H3,(H,18,19)/t14-/m1/s1. The van der Waals surface area contributed by atoms with Crippen LogP contribution in [0.25, 0.3) is 11.0 Å². The van der Waals surface area contributed by atoms with Crippen molar-refractivity contribution in [2.75, 3.05) is 0 Å². The minimum Gasteiger partial charge on any atom is -0.479 e. The van der Waals surface area contributed by atoms with Crippen LogP contribution in [0.15, 0.2) is 27.4 Å². The first-order valence-corrected chi connectivity index (χ1v) is 7.58. The lowest BCUT2D eigenvalue weighted by Crippen LogP contribution is -2.25. The van der Waals surface area contributed by atoms with Crippen molar-refractivity contribution in [3.05, 3.63) is 39.7 Å². The first kappa shape index (κ1) is 14.6. The highest BCUT2D eigenvalue weighted by Gasteiger charge is 2.20. The molecule has 1 atom stereocenters. The van der Waals surface area contributed by atoms with Crippen LogP contribution < -0.4 is 10.4 Å². The summed E-state index contributed by atoms with van der Waals surface area (Å²) in [5.74, 6) is -0.602. The van der Waals surface area contributed by atoms with Crippen molar-refractivity contribution in [3.63, 3.8) is 0 Å². The second-order valence-corrected chi connectivity index (χ2v) is 5.56. The second kappa shape index (κ2) is 5.83. The number of hydrogen-bond acceptors (Lipinski definition) is 4. The van der Waals surface area contributed by atoms with Crippen molar-refractivity contribution in [2.45, 2.75) is 45.1 Å². The third-order valence-corrected chi connectivity index (χ3v) is 4.12. The summed E-state index contributed by atoms with van der Waals surface area (Å²) in [6.07, 6.45) is 3.19. The van der Waals surface area contributed by atoms with Gasteiger partial charge in [-0.1, -0.05) is 6.92 Å². The fourth-order valence-corrected chi connectivity index (χ4v) is 2.97. The predicted octanol–water partition coefficient (Wildman–Crippen LogP) is 2.91.